The standard InChI is InChI=1S/C13H16O/c1-9-12(14)8-10-6-4-5-7-11(10)13(9,2)3/h4-7,9H,8H2,1-3H3. The molecule has 0 spiro atoms. The van der Waals surface area contributed by atoms with Crippen molar-refractivity contribution in [3.05, 3.63) is 35.4 Å². The molecule has 1 aliphatic rings. The quantitative estimate of drug-likeness (QED) is 0.612. The average Bonchev–Trinajstić information content (AvgIpc) is 2.15. The van der Waals surface area contributed by atoms with Crippen LogP contribution in [0.2, 0.25) is 0 Å². The van der Waals surface area contributed by atoms with Crippen molar-refractivity contribution in [1.82, 2.24) is 0 Å². The molecule has 2 rings (SSSR count). The van der Waals surface area contributed by atoms with Gasteiger partial charge in [0, 0.05) is 12.3 Å². The van der Waals surface area contributed by atoms with Gasteiger partial charge in [-0.25, -0.2) is 0 Å². The number of carbonyl (C=O) groups is 1. The third-order valence-corrected chi connectivity index (χ3v) is 3.64. The highest BCUT2D eigenvalue weighted by Crippen LogP contribution is 2.38. The third kappa shape index (κ3) is 1.19. The van der Waals surface area contributed by atoms with Crippen LogP contribution in [-0.4, -0.2) is 5.78 Å². The van der Waals surface area contributed by atoms with Crippen molar-refractivity contribution in [3.63, 3.8) is 0 Å². The molecular weight excluding hydrogens is 172 g/mol. The van der Waals surface area contributed by atoms with Crippen LogP contribution in [0.4, 0.5) is 0 Å². The second-order valence-electron chi connectivity index (χ2n) is 4.74. The van der Waals surface area contributed by atoms with Crippen LogP contribution in [-0.2, 0) is 16.6 Å². The second-order valence-corrected chi connectivity index (χ2v) is 4.74. The molecule has 0 amide bonds. The Labute approximate surface area is 85.1 Å². The number of ketones is 1. The van der Waals surface area contributed by atoms with E-state index in [0.717, 1.165) is 0 Å². The van der Waals surface area contributed by atoms with E-state index in [0.29, 0.717) is 12.2 Å². The number of fused-ring (bicyclic) bond motifs is 1. The number of rotatable bonds is 0. The highest BCUT2D eigenvalue weighted by atomic mass is 16.1. The predicted octanol–water partition coefficient (Wildman–Crippen LogP) is 2.73. The Morgan fingerprint density at radius 2 is 1.93 bits per heavy atom. The van der Waals surface area contributed by atoms with E-state index < -0.39 is 0 Å². The molecular formula is C13H16O. The lowest BCUT2D eigenvalue weighted by Crippen LogP contribution is -2.38. The van der Waals surface area contributed by atoms with Gasteiger partial charge in [-0.15, -0.1) is 0 Å². The molecule has 0 aliphatic heterocycles. The van der Waals surface area contributed by atoms with E-state index in [4.69, 9.17) is 0 Å². The van der Waals surface area contributed by atoms with E-state index in [9.17, 15) is 4.79 Å². The highest BCUT2D eigenvalue weighted by Gasteiger charge is 2.38. The molecule has 1 aliphatic carbocycles. The normalized spacial score (nSPS) is 24.5. The summed E-state index contributed by atoms with van der Waals surface area (Å²) in [5.41, 5.74) is 2.54. The molecule has 0 bridgehead atoms. The Hall–Kier alpha value is -1.11. The summed E-state index contributed by atoms with van der Waals surface area (Å²) in [6.45, 7) is 6.36. The minimum Gasteiger partial charge on any atom is -0.299 e. The molecule has 0 saturated heterocycles. The van der Waals surface area contributed by atoms with Crippen molar-refractivity contribution in [2.45, 2.75) is 32.6 Å². The average molecular weight is 188 g/mol. The zero-order valence-corrected chi connectivity index (χ0v) is 9.00. The molecule has 0 N–H and O–H groups in total. The molecule has 0 heterocycles. The van der Waals surface area contributed by atoms with E-state index in [1.165, 1.54) is 11.1 Å². The van der Waals surface area contributed by atoms with Crippen LogP contribution in [0, 0.1) is 5.92 Å². The molecule has 1 aromatic carbocycles. The van der Waals surface area contributed by atoms with Gasteiger partial charge in [0.1, 0.15) is 5.78 Å². The van der Waals surface area contributed by atoms with E-state index in [1.807, 2.05) is 13.0 Å². The maximum Gasteiger partial charge on any atom is 0.140 e. The number of benzene rings is 1. The highest BCUT2D eigenvalue weighted by molar-refractivity contribution is 5.87. The van der Waals surface area contributed by atoms with Crippen molar-refractivity contribution in [3.8, 4) is 0 Å². The summed E-state index contributed by atoms with van der Waals surface area (Å²) in [5.74, 6) is 0.506. The Morgan fingerprint density at radius 3 is 2.64 bits per heavy atom. The summed E-state index contributed by atoms with van der Waals surface area (Å²) in [7, 11) is 0. The van der Waals surface area contributed by atoms with Gasteiger partial charge in [-0.05, 0) is 16.5 Å². The summed E-state index contributed by atoms with van der Waals surface area (Å²) < 4.78 is 0. The first kappa shape index (κ1) is 9.45. The van der Waals surface area contributed by atoms with Gasteiger partial charge in [0.25, 0.3) is 0 Å². The molecule has 1 nitrogen and oxygen atoms in total. The number of carbonyl (C=O) groups excluding carboxylic acids is 1. The Bertz CT molecular complexity index is 377. The molecule has 74 valence electrons. The topological polar surface area (TPSA) is 17.1 Å². The van der Waals surface area contributed by atoms with Crippen LogP contribution in [0.25, 0.3) is 0 Å². The smallest absolute Gasteiger partial charge is 0.140 e. The van der Waals surface area contributed by atoms with Gasteiger partial charge in [-0.1, -0.05) is 45.0 Å². The maximum atomic E-state index is 11.8. The molecule has 1 heteroatoms. The Morgan fingerprint density at radius 1 is 1.29 bits per heavy atom. The van der Waals surface area contributed by atoms with Gasteiger partial charge in [0.15, 0.2) is 0 Å². The van der Waals surface area contributed by atoms with Crippen LogP contribution >= 0.6 is 0 Å². The third-order valence-electron chi connectivity index (χ3n) is 3.64. The minimum atomic E-state index is -0.00801. The lowest BCUT2D eigenvalue weighted by atomic mass is 9.66. The molecule has 14 heavy (non-hydrogen) atoms. The van der Waals surface area contributed by atoms with Crippen LogP contribution in [0.5, 0.6) is 0 Å². The van der Waals surface area contributed by atoms with Crippen LogP contribution < -0.4 is 0 Å². The largest absolute Gasteiger partial charge is 0.299 e. The Kier molecular flexibility index (Phi) is 1.99. The lowest BCUT2D eigenvalue weighted by Gasteiger charge is -2.37. The Balaban J connectivity index is 2.59. The van der Waals surface area contributed by atoms with Crippen LogP contribution in [0.1, 0.15) is 31.9 Å². The lowest BCUT2D eigenvalue weighted by molar-refractivity contribution is -0.124. The summed E-state index contributed by atoms with van der Waals surface area (Å²) in [6, 6.07) is 8.29. The summed E-state index contributed by atoms with van der Waals surface area (Å²) in [6.07, 6.45) is 0.612. The minimum absolute atomic E-state index is 0.00801. The van der Waals surface area contributed by atoms with Crippen molar-refractivity contribution in [1.29, 1.82) is 0 Å². The number of Topliss-reactive ketones (excluding diaryl/α,β-unsaturated/α-hetero) is 1. The van der Waals surface area contributed by atoms with Crippen molar-refractivity contribution >= 4 is 5.78 Å². The van der Waals surface area contributed by atoms with E-state index in [2.05, 4.69) is 32.0 Å². The summed E-state index contributed by atoms with van der Waals surface area (Å²) >= 11 is 0. The predicted molar refractivity (Wildman–Crippen MR) is 57.3 cm³/mol. The number of hydrogen-bond donors (Lipinski definition) is 0. The van der Waals surface area contributed by atoms with Crippen molar-refractivity contribution < 1.29 is 4.79 Å². The SMILES string of the molecule is CC1C(=O)Cc2ccccc2C1(C)C. The molecule has 1 atom stereocenters. The summed E-state index contributed by atoms with van der Waals surface area (Å²) in [4.78, 5) is 11.8. The first-order chi connectivity index (χ1) is 6.53. The molecule has 0 aromatic heterocycles. The second kappa shape index (κ2) is 2.94. The van der Waals surface area contributed by atoms with Gasteiger partial charge in [0.2, 0.25) is 0 Å². The van der Waals surface area contributed by atoms with Crippen molar-refractivity contribution in [2.24, 2.45) is 5.92 Å². The molecule has 0 radical (unpaired) electrons. The van der Waals surface area contributed by atoms with Gasteiger partial charge in [0.05, 0.1) is 0 Å². The van der Waals surface area contributed by atoms with E-state index in [1.54, 1.807) is 0 Å². The van der Waals surface area contributed by atoms with Gasteiger partial charge >= 0.3 is 0 Å². The molecule has 0 fully saturated rings. The van der Waals surface area contributed by atoms with E-state index >= 15 is 0 Å². The molecule has 0 saturated carbocycles. The van der Waals surface area contributed by atoms with Gasteiger partial charge in [-0.3, -0.25) is 4.79 Å². The van der Waals surface area contributed by atoms with Gasteiger partial charge in [-0.2, -0.15) is 0 Å². The zero-order chi connectivity index (χ0) is 10.3. The fraction of sp³-hybridized carbons (Fsp3) is 0.462. The maximum absolute atomic E-state index is 11.8. The zero-order valence-electron chi connectivity index (χ0n) is 9.00. The van der Waals surface area contributed by atoms with Crippen LogP contribution in [0.15, 0.2) is 24.3 Å². The van der Waals surface area contributed by atoms with Crippen LogP contribution in [0.3, 0.4) is 0 Å². The van der Waals surface area contributed by atoms with E-state index in [-0.39, 0.29) is 11.3 Å². The van der Waals surface area contributed by atoms with Gasteiger partial charge < -0.3 is 0 Å². The first-order valence-corrected chi connectivity index (χ1v) is 5.14. The monoisotopic (exact) mass is 188 g/mol. The summed E-state index contributed by atoms with van der Waals surface area (Å²) in [5, 5.41) is 0. The fourth-order valence-corrected chi connectivity index (χ4v) is 2.28. The first-order valence-electron chi connectivity index (χ1n) is 5.14. The number of hydrogen-bond acceptors (Lipinski definition) is 1. The molecule has 1 unspecified atom stereocenters. The molecule has 1 aromatic rings. The fourth-order valence-electron chi connectivity index (χ4n) is 2.28. The van der Waals surface area contributed by atoms with Crippen molar-refractivity contribution in [2.75, 3.05) is 0 Å².